The van der Waals surface area contributed by atoms with Crippen molar-refractivity contribution in [1.82, 2.24) is 4.90 Å². The van der Waals surface area contributed by atoms with Crippen LogP contribution in [0.2, 0.25) is 0 Å². The van der Waals surface area contributed by atoms with Crippen molar-refractivity contribution in [2.75, 3.05) is 19.8 Å². The van der Waals surface area contributed by atoms with E-state index in [0.717, 1.165) is 0 Å². The highest BCUT2D eigenvalue weighted by Crippen LogP contribution is 2.27. The van der Waals surface area contributed by atoms with Crippen molar-refractivity contribution in [1.29, 1.82) is 0 Å². The molecule has 1 aliphatic rings. The summed E-state index contributed by atoms with van der Waals surface area (Å²) in [7, 11) is 0. The Balaban J connectivity index is 2.97. The lowest BCUT2D eigenvalue weighted by atomic mass is 10.2. The highest BCUT2D eigenvalue weighted by molar-refractivity contribution is 5.92. The number of esters is 2. The molecule has 126 valence electrons. The number of hydrogen-bond acceptors (Lipinski definition) is 6. The zero-order chi connectivity index (χ0) is 16.7. The molecule has 0 radical (unpaired) electrons. The molecular weight excluding hydrogens is 290 g/mol. The third-order valence-corrected chi connectivity index (χ3v) is 3.52. The molecule has 1 saturated heterocycles. The van der Waals surface area contributed by atoms with Crippen LogP contribution in [0.15, 0.2) is 0 Å². The summed E-state index contributed by atoms with van der Waals surface area (Å²) in [6.07, 6.45) is 0.0386. The molecule has 7 heteroatoms. The zero-order valence-corrected chi connectivity index (χ0v) is 13.7. The predicted molar refractivity (Wildman–Crippen MR) is 78.0 cm³/mol. The summed E-state index contributed by atoms with van der Waals surface area (Å²) in [5, 5.41) is 0. The van der Waals surface area contributed by atoms with Gasteiger partial charge in [-0.15, -0.1) is 0 Å². The number of likely N-dealkylation sites (tertiary alicyclic amines) is 1. The van der Waals surface area contributed by atoms with Crippen molar-refractivity contribution >= 4 is 17.8 Å². The summed E-state index contributed by atoms with van der Waals surface area (Å²) in [4.78, 5) is 37.9. The van der Waals surface area contributed by atoms with Gasteiger partial charge in [-0.05, 0) is 40.5 Å². The minimum absolute atomic E-state index is 0.225. The fourth-order valence-corrected chi connectivity index (χ4v) is 2.59. The Morgan fingerprint density at radius 1 is 0.955 bits per heavy atom. The molecule has 0 spiro atoms. The Morgan fingerprint density at radius 2 is 1.41 bits per heavy atom. The minimum Gasteiger partial charge on any atom is -0.464 e. The molecule has 0 aromatic rings. The van der Waals surface area contributed by atoms with Gasteiger partial charge in [0.2, 0.25) is 0 Å². The number of carbonyl (C=O) groups excluding carboxylic acids is 3. The van der Waals surface area contributed by atoms with Crippen LogP contribution >= 0.6 is 0 Å². The molecule has 0 aromatic carbocycles. The van der Waals surface area contributed by atoms with E-state index in [0.29, 0.717) is 19.4 Å². The van der Waals surface area contributed by atoms with Crippen LogP contribution in [-0.2, 0) is 28.6 Å². The topological polar surface area (TPSA) is 82.1 Å². The molecule has 1 heterocycles. The summed E-state index contributed by atoms with van der Waals surface area (Å²) in [6, 6.07) is -1.52. The second kappa shape index (κ2) is 8.73. The van der Waals surface area contributed by atoms with E-state index in [1.165, 1.54) is 4.90 Å². The van der Waals surface area contributed by atoms with E-state index < -0.39 is 36.0 Å². The van der Waals surface area contributed by atoms with E-state index in [1.54, 1.807) is 27.7 Å². The predicted octanol–water partition coefficient (Wildman–Crippen LogP) is 0.897. The van der Waals surface area contributed by atoms with E-state index in [4.69, 9.17) is 14.2 Å². The van der Waals surface area contributed by atoms with Crippen LogP contribution in [0.1, 0.15) is 40.5 Å². The molecule has 22 heavy (non-hydrogen) atoms. The first-order valence-corrected chi connectivity index (χ1v) is 7.74. The maximum Gasteiger partial charge on any atom is 0.328 e. The second-order valence-electron chi connectivity index (χ2n) is 4.96. The van der Waals surface area contributed by atoms with E-state index in [1.807, 2.05) is 0 Å². The van der Waals surface area contributed by atoms with Crippen molar-refractivity contribution in [2.24, 2.45) is 0 Å². The summed E-state index contributed by atoms with van der Waals surface area (Å²) in [6.45, 7) is 7.60. The molecule has 0 N–H and O–H groups in total. The van der Waals surface area contributed by atoms with Gasteiger partial charge in [0.25, 0.3) is 5.91 Å². The molecule has 7 nitrogen and oxygen atoms in total. The lowest BCUT2D eigenvalue weighted by Crippen LogP contribution is -2.52. The number of ether oxygens (including phenoxy) is 3. The van der Waals surface area contributed by atoms with E-state index in [-0.39, 0.29) is 13.2 Å². The number of amides is 1. The summed E-state index contributed by atoms with van der Waals surface area (Å²) < 4.78 is 15.3. The third-order valence-electron chi connectivity index (χ3n) is 3.52. The van der Waals surface area contributed by atoms with Crippen LogP contribution in [0.5, 0.6) is 0 Å². The molecular formula is C15H25NO6. The lowest BCUT2D eigenvalue weighted by molar-refractivity contribution is -0.164. The lowest BCUT2D eigenvalue weighted by Gasteiger charge is -2.30. The van der Waals surface area contributed by atoms with Crippen LogP contribution in [-0.4, -0.2) is 60.8 Å². The first-order valence-electron chi connectivity index (χ1n) is 7.74. The smallest absolute Gasteiger partial charge is 0.328 e. The monoisotopic (exact) mass is 315 g/mol. The first-order chi connectivity index (χ1) is 10.5. The average molecular weight is 315 g/mol. The number of nitrogens with zero attached hydrogens (tertiary/aromatic N) is 1. The van der Waals surface area contributed by atoms with E-state index in [2.05, 4.69) is 0 Å². The average Bonchev–Trinajstić information content (AvgIpc) is 2.92. The Kier molecular flexibility index (Phi) is 7.31. The van der Waals surface area contributed by atoms with Gasteiger partial charge < -0.3 is 19.1 Å². The molecule has 3 atom stereocenters. The Hall–Kier alpha value is -1.63. The molecule has 1 aliphatic heterocycles. The summed E-state index contributed by atoms with van der Waals surface area (Å²) in [5.74, 6) is -1.38. The molecule has 0 bridgehead atoms. The molecule has 1 amide bonds. The van der Waals surface area contributed by atoms with E-state index in [9.17, 15) is 14.4 Å². The molecule has 0 saturated carbocycles. The van der Waals surface area contributed by atoms with Crippen LogP contribution < -0.4 is 0 Å². The highest BCUT2D eigenvalue weighted by atomic mass is 16.5. The SMILES string of the molecule is CCOC(=O)[C@H]1CC[C@@H](C(=O)OCC)N1C(=O)[C@H](C)OCC. The van der Waals surface area contributed by atoms with Gasteiger partial charge in [-0.1, -0.05) is 0 Å². The van der Waals surface area contributed by atoms with Gasteiger partial charge in [-0.3, -0.25) is 4.79 Å². The Morgan fingerprint density at radius 3 is 1.77 bits per heavy atom. The highest BCUT2D eigenvalue weighted by Gasteiger charge is 2.46. The number of hydrogen-bond donors (Lipinski definition) is 0. The summed E-state index contributed by atoms with van der Waals surface area (Å²) in [5.41, 5.74) is 0. The van der Waals surface area contributed by atoms with Crippen molar-refractivity contribution < 1.29 is 28.6 Å². The van der Waals surface area contributed by atoms with Crippen molar-refractivity contribution in [3.05, 3.63) is 0 Å². The van der Waals surface area contributed by atoms with Gasteiger partial charge in [-0.25, -0.2) is 9.59 Å². The summed E-state index contributed by atoms with van der Waals surface area (Å²) >= 11 is 0. The molecule has 0 unspecified atom stereocenters. The van der Waals surface area contributed by atoms with Crippen molar-refractivity contribution in [2.45, 2.75) is 58.7 Å². The third kappa shape index (κ3) is 4.19. The quantitative estimate of drug-likeness (QED) is 0.649. The van der Waals surface area contributed by atoms with Crippen molar-refractivity contribution in [3.8, 4) is 0 Å². The number of rotatable bonds is 7. The fourth-order valence-electron chi connectivity index (χ4n) is 2.59. The molecule has 1 fully saturated rings. The first kappa shape index (κ1) is 18.4. The van der Waals surface area contributed by atoms with Gasteiger partial charge in [0, 0.05) is 6.61 Å². The van der Waals surface area contributed by atoms with Gasteiger partial charge >= 0.3 is 11.9 Å². The Labute approximate surface area is 130 Å². The van der Waals surface area contributed by atoms with Crippen LogP contribution in [0.3, 0.4) is 0 Å². The number of carbonyl (C=O) groups is 3. The minimum atomic E-state index is -0.759. The Bertz CT molecular complexity index is 385. The maximum atomic E-state index is 12.6. The largest absolute Gasteiger partial charge is 0.464 e. The molecule has 0 aromatic heterocycles. The zero-order valence-electron chi connectivity index (χ0n) is 13.7. The van der Waals surface area contributed by atoms with Crippen LogP contribution in [0.4, 0.5) is 0 Å². The normalized spacial score (nSPS) is 22.3. The van der Waals surface area contributed by atoms with E-state index >= 15 is 0 Å². The van der Waals surface area contributed by atoms with Gasteiger partial charge in [0.05, 0.1) is 13.2 Å². The standard InChI is InChI=1S/C15H25NO6/c1-5-20-10(4)13(17)16-11(14(18)21-6-2)8-9-12(16)15(19)22-7-3/h10-12H,5-9H2,1-4H3/t10-,11-,12+/m0/s1. The molecule has 0 aliphatic carbocycles. The van der Waals surface area contributed by atoms with Crippen molar-refractivity contribution in [3.63, 3.8) is 0 Å². The maximum absolute atomic E-state index is 12.6. The molecule has 1 rings (SSSR count). The van der Waals surface area contributed by atoms with Gasteiger partial charge in [0.15, 0.2) is 0 Å². The second-order valence-corrected chi connectivity index (χ2v) is 4.96. The van der Waals surface area contributed by atoms with Gasteiger partial charge in [0.1, 0.15) is 18.2 Å². The van der Waals surface area contributed by atoms with Gasteiger partial charge in [-0.2, -0.15) is 0 Å². The van der Waals surface area contributed by atoms with Crippen LogP contribution in [0.25, 0.3) is 0 Å². The fraction of sp³-hybridized carbons (Fsp3) is 0.800. The van der Waals surface area contributed by atoms with Crippen LogP contribution in [0, 0.1) is 0 Å².